The molecule has 9 nitrogen and oxygen atoms in total. The summed E-state index contributed by atoms with van der Waals surface area (Å²) in [5.74, 6) is -1.17. The van der Waals surface area contributed by atoms with E-state index in [2.05, 4.69) is 9.12 Å². The summed E-state index contributed by atoms with van der Waals surface area (Å²) in [5.41, 5.74) is 1.58. The van der Waals surface area contributed by atoms with Gasteiger partial charge in [0.1, 0.15) is 6.04 Å². The highest BCUT2D eigenvalue weighted by Gasteiger charge is 2.67. The van der Waals surface area contributed by atoms with Gasteiger partial charge in [0.15, 0.2) is 17.2 Å². The van der Waals surface area contributed by atoms with Crippen LogP contribution in [-0.2, 0) is 29.9 Å². The molecule has 2 aromatic carbocycles. The number of ether oxygens (including phenoxy) is 2. The molecule has 0 aromatic heterocycles. The molecule has 2 saturated heterocycles. The molecule has 3 atom stereocenters. The van der Waals surface area contributed by atoms with Crippen molar-refractivity contribution in [1.82, 2.24) is 9.62 Å². The Kier molecular flexibility index (Phi) is 7.27. The monoisotopic (exact) mass is 515 g/mol. The Morgan fingerprint density at radius 2 is 1.69 bits per heavy atom. The van der Waals surface area contributed by atoms with Crippen molar-refractivity contribution in [3.8, 4) is 0 Å². The normalized spacial score (nSPS) is 23.5. The van der Waals surface area contributed by atoms with Crippen molar-refractivity contribution in [2.75, 3.05) is 6.61 Å². The van der Waals surface area contributed by atoms with E-state index in [1.165, 1.54) is 4.90 Å². The van der Waals surface area contributed by atoms with Gasteiger partial charge in [-0.15, -0.1) is 0 Å². The van der Waals surface area contributed by atoms with E-state index in [4.69, 9.17) is 9.47 Å². The molecule has 2 aliphatic rings. The molecule has 11 heteroatoms. The molecular weight excluding hydrogens is 490 g/mol. The van der Waals surface area contributed by atoms with Gasteiger partial charge in [0.2, 0.25) is 0 Å². The smallest absolute Gasteiger partial charge is 0.418 e. The van der Waals surface area contributed by atoms with Crippen LogP contribution in [0.15, 0.2) is 65.1 Å². The summed E-state index contributed by atoms with van der Waals surface area (Å²) in [6, 6.07) is 17.5. The summed E-state index contributed by atoms with van der Waals surface area (Å²) in [6.45, 7) is 5.18. The molecule has 0 saturated carbocycles. The first-order chi connectivity index (χ1) is 16.8. The first-order valence-electron chi connectivity index (χ1n) is 11.0. The zero-order valence-electron chi connectivity index (χ0n) is 19.4. The standard InChI is InChI=1S/C24H25N3O6S2/c1-4-32-23(30)26-34-25-17-20(28)27-19(24(2,3)35(31)21(17)27)22(29)33-18(15-11-7-5-8-12-15)16-13-9-6-10-14-16/h5-14,18-19,21H,4H2,1-3H3,(H,26,30)/b25-17-/t19-,21+,35?/m0/s1. The number of nitrogens with zero attached hydrogens (tertiary/aromatic N) is 2. The average Bonchev–Trinajstić information content (AvgIpc) is 3.04. The lowest BCUT2D eigenvalue weighted by molar-refractivity contribution is -0.158. The number of carbonyl (C=O) groups is 3. The van der Waals surface area contributed by atoms with Gasteiger partial charge in [-0.1, -0.05) is 60.7 Å². The van der Waals surface area contributed by atoms with Gasteiger partial charge in [-0.3, -0.25) is 9.00 Å². The van der Waals surface area contributed by atoms with Crippen molar-refractivity contribution in [1.29, 1.82) is 0 Å². The lowest BCUT2D eigenvalue weighted by Gasteiger charge is -2.37. The first-order valence-corrected chi connectivity index (χ1v) is 13.0. The minimum atomic E-state index is -1.63. The quantitative estimate of drug-likeness (QED) is 0.342. The second-order valence-electron chi connectivity index (χ2n) is 8.40. The Labute approximate surface area is 210 Å². The third-order valence-corrected chi connectivity index (χ3v) is 8.47. The number of amides is 2. The summed E-state index contributed by atoms with van der Waals surface area (Å²) in [4.78, 5) is 39.1. The van der Waals surface area contributed by atoms with Crippen molar-refractivity contribution in [2.24, 2.45) is 4.40 Å². The van der Waals surface area contributed by atoms with Crippen molar-refractivity contribution >= 4 is 46.6 Å². The average molecular weight is 516 g/mol. The Bertz CT molecular complexity index is 1130. The van der Waals surface area contributed by atoms with Crippen molar-refractivity contribution < 1.29 is 28.1 Å². The minimum absolute atomic E-state index is 0.0242. The van der Waals surface area contributed by atoms with E-state index < -0.39 is 51.0 Å². The molecule has 184 valence electrons. The van der Waals surface area contributed by atoms with Gasteiger partial charge in [0, 0.05) is 0 Å². The van der Waals surface area contributed by atoms with Gasteiger partial charge in [-0.2, -0.15) is 4.40 Å². The summed E-state index contributed by atoms with van der Waals surface area (Å²) >= 11 is 0.620. The van der Waals surface area contributed by atoms with Gasteiger partial charge in [-0.05, 0) is 31.9 Å². The number of nitrogens with one attached hydrogen (secondary N) is 1. The predicted molar refractivity (Wildman–Crippen MR) is 133 cm³/mol. The zero-order chi connectivity index (χ0) is 25.2. The van der Waals surface area contributed by atoms with Crippen LogP contribution in [-0.4, -0.2) is 55.6 Å². The summed E-state index contributed by atoms with van der Waals surface area (Å²) < 4.78 is 29.3. The fourth-order valence-corrected chi connectivity index (χ4v) is 6.42. The third kappa shape index (κ3) is 4.70. The number of rotatable bonds is 7. The Balaban J connectivity index is 1.56. The molecule has 4 rings (SSSR count). The van der Waals surface area contributed by atoms with Crippen molar-refractivity contribution in [3.63, 3.8) is 0 Å². The van der Waals surface area contributed by atoms with Crippen LogP contribution in [0, 0.1) is 0 Å². The van der Waals surface area contributed by atoms with Gasteiger partial charge < -0.3 is 14.4 Å². The second kappa shape index (κ2) is 10.2. The zero-order valence-corrected chi connectivity index (χ0v) is 21.0. The van der Waals surface area contributed by atoms with Crippen molar-refractivity contribution in [2.45, 2.75) is 43.0 Å². The molecule has 0 aliphatic carbocycles. The van der Waals surface area contributed by atoms with Gasteiger partial charge in [0.05, 0.1) is 34.3 Å². The summed E-state index contributed by atoms with van der Waals surface area (Å²) in [6.07, 6.45) is -1.39. The molecule has 0 spiro atoms. The van der Waals surface area contributed by atoms with Crippen LogP contribution in [0.4, 0.5) is 4.79 Å². The van der Waals surface area contributed by atoms with Crippen LogP contribution in [0.3, 0.4) is 0 Å². The van der Waals surface area contributed by atoms with Crippen LogP contribution in [0.5, 0.6) is 0 Å². The topological polar surface area (TPSA) is 114 Å². The van der Waals surface area contributed by atoms with E-state index >= 15 is 0 Å². The third-order valence-electron chi connectivity index (χ3n) is 5.81. The molecule has 2 heterocycles. The van der Waals surface area contributed by atoms with E-state index in [1.807, 2.05) is 60.7 Å². The van der Waals surface area contributed by atoms with E-state index in [-0.39, 0.29) is 12.3 Å². The Morgan fingerprint density at radius 3 is 2.23 bits per heavy atom. The summed E-state index contributed by atoms with van der Waals surface area (Å²) in [5, 5.41) is -0.863. The number of β-lactam (4-membered cyclic amide) rings is 1. The number of fused-ring (bicyclic) bond motifs is 1. The van der Waals surface area contributed by atoms with E-state index in [9.17, 15) is 18.6 Å². The molecule has 2 aliphatic heterocycles. The largest absolute Gasteiger partial charge is 0.451 e. The first kappa shape index (κ1) is 24.9. The maximum Gasteiger partial charge on any atom is 0.418 e. The van der Waals surface area contributed by atoms with Gasteiger partial charge >= 0.3 is 12.1 Å². The van der Waals surface area contributed by atoms with E-state index in [0.717, 1.165) is 11.1 Å². The summed E-state index contributed by atoms with van der Waals surface area (Å²) in [7, 11) is -1.63. The SMILES string of the molecule is CCOC(=O)NS/N=C1/C(=O)N2[C@@H]1S(=O)C(C)(C)[C@@H]2C(=O)OC(c1ccccc1)c1ccccc1. The number of carbonyl (C=O) groups excluding carboxylic acids is 3. The van der Waals surface area contributed by atoms with E-state index in [0.29, 0.717) is 12.1 Å². The Hall–Kier alpha value is -3.18. The molecule has 35 heavy (non-hydrogen) atoms. The van der Waals surface area contributed by atoms with Crippen LogP contribution in [0.2, 0.25) is 0 Å². The predicted octanol–water partition coefficient (Wildman–Crippen LogP) is 3.15. The number of esters is 1. The lowest BCUT2D eigenvalue weighted by atomic mass is 9.96. The second-order valence-corrected chi connectivity index (χ2v) is 11.1. The molecule has 0 bridgehead atoms. The van der Waals surface area contributed by atoms with Gasteiger partial charge in [-0.25, -0.2) is 14.3 Å². The highest BCUT2D eigenvalue weighted by atomic mass is 32.2. The van der Waals surface area contributed by atoms with Crippen LogP contribution < -0.4 is 4.72 Å². The maximum atomic E-state index is 13.5. The molecular formula is C24H25N3O6S2. The van der Waals surface area contributed by atoms with Crippen LogP contribution in [0.25, 0.3) is 0 Å². The number of hydrogen-bond donors (Lipinski definition) is 1. The van der Waals surface area contributed by atoms with E-state index in [1.54, 1.807) is 20.8 Å². The molecule has 2 aromatic rings. The molecule has 2 amide bonds. The molecule has 0 radical (unpaired) electrons. The number of benzene rings is 2. The maximum absolute atomic E-state index is 13.5. The highest BCUT2D eigenvalue weighted by Crippen LogP contribution is 2.43. The fourth-order valence-electron chi connectivity index (χ4n) is 4.12. The molecule has 1 N–H and O–H groups in total. The minimum Gasteiger partial charge on any atom is -0.451 e. The number of hydrogen-bond acceptors (Lipinski definition) is 8. The fraction of sp³-hybridized carbons (Fsp3) is 0.333. The molecule has 2 fully saturated rings. The highest BCUT2D eigenvalue weighted by molar-refractivity contribution is 7.97. The molecule has 1 unspecified atom stereocenters. The Morgan fingerprint density at radius 1 is 1.11 bits per heavy atom. The van der Waals surface area contributed by atoms with Crippen molar-refractivity contribution in [3.05, 3.63) is 71.8 Å². The van der Waals surface area contributed by atoms with Crippen LogP contribution in [0.1, 0.15) is 38.0 Å². The van der Waals surface area contributed by atoms with Crippen LogP contribution >= 0.6 is 12.1 Å². The lowest BCUT2D eigenvalue weighted by Crippen LogP contribution is -2.64. The van der Waals surface area contributed by atoms with Gasteiger partial charge in [0.25, 0.3) is 5.91 Å².